The Kier molecular flexibility index (Phi) is 7.59. The maximum atomic E-state index is 12.6. The van der Waals surface area contributed by atoms with E-state index in [2.05, 4.69) is 51.6 Å². The summed E-state index contributed by atoms with van der Waals surface area (Å²) in [4.78, 5) is 23.7. The van der Waals surface area contributed by atoms with Gasteiger partial charge in [0.05, 0.1) is 11.4 Å². The van der Waals surface area contributed by atoms with E-state index in [-0.39, 0.29) is 11.9 Å². The van der Waals surface area contributed by atoms with Crippen LogP contribution >= 0.6 is 27.5 Å². The average Bonchev–Trinajstić information content (AvgIpc) is 3.20. The van der Waals surface area contributed by atoms with E-state index in [0.29, 0.717) is 29.6 Å². The quantitative estimate of drug-likeness (QED) is 0.390. The van der Waals surface area contributed by atoms with Gasteiger partial charge in [0, 0.05) is 31.1 Å². The van der Waals surface area contributed by atoms with Crippen LogP contribution in [0.3, 0.4) is 0 Å². The van der Waals surface area contributed by atoms with Crippen molar-refractivity contribution in [3.8, 4) is 0 Å². The molecule has 1 amide bonds. The van der Waals surface area contributed by atoms with Crippen LogP contribution in [0, 0.1) is 5.92 Å². The van der Waals surface area contributed by atoms with E-state index in [4.69, 9.17) is 11.6 Å². The molecule has 0 radical (unpaired) electrons. The molecule has 3 aromatic rings. The molecule has 1 aliphatic rings. The molecule has 32 heavy (non-hydrogen) atoms. The minimum Gasteiger partial charge on any atom is -0.356 e. The Morgan fingerprint density at radius 3 is 2.75 bits per heavy atom. The number of fused-ring (bicyclic) bond motifs is 1. The summed E-state index contributed by atoms with van der Waals surface area (Å²) in [6.45, 7) is 5.25. The summed E-state index contributed by atoms with van der Waals surface area (Å²) in [7, 11) is 0. The van der Waals surface area contributed by atoms with Gasteiger partial charge in [0.25, 0.3) is 0 Å². The van der Waals surface area contributed by atoms with Crippen molar-refractivity contribution in [3.05, 3.63) is 45.8 Å². The summed E-state index contributed by atoms with van der Waals surface area (Å²) in [5, 5.41) is 15.2. The molecule has 3 heterocycles. The Balaban J connectivity index is 1.48. The molecule has 1 unspecified atom stereocenters. The number of anilines is 1. The Morgan fingerprint density at radius 1 is 1.28 bits per heavy atom. The second kappa shape index (κ2) is 10.6. The summed E-state index contributed by atoms with van der Waals surface area (Å²) in [6.07, 6.45) is 3.88. The van der Waals surface area contributed by atoms with E-state index >= 15 is 0 Å². The Labute approximate surface area is 200 Å². The number of piperidine rings is 1. The van der Waals surface area contributed by atoms with Crippen molar-refractivity contribution in [2.45, 2.75) is 32.2 Å². The number of aromatic nitrogens is 4. The number of nitrogens with one attached hydrogen (secondary N) is 3. The second-order valence-electron chi connectivity index (χ2n) is 7.96. The molecule has 4 rings (SSSR count). The first-order chi connectivity index (χ1) is 15.6. The van der Waals surface area contributed by atoms with Crippen LogP contribution in [0.25, 0.3) is 11.0 Å². The monoisotopic (exact) mass is 519 g/mol. The molecular formula is C22H27BrClN7O. The second-order valence-corrected chi connectivity index (χ2v) is 9.19. The number of halogens is 2. The van der Waals surface area contributed by atoms with Crippen molar-refractivity contribution in [2.24, 2.45) is 5.92 Å². The van der Waals surface area contributed by atoms with Crippen LogP contribution in [0.15, 0.2) is 35.2 Å². The number of nitrogens with zero attached hydrogens (tertiary/aromatic N) is 4. The maximum absolute atomic E-state index is 12.6. The summed E-state index contributed by atoms with van der Waals surface area (Å²) in [5.41, 5.74) is 1.74. The Hall–Kier alpha value is -2.23. The molecule has 1 saturated heterocycles. The number of aromatic amines is 1. The van der Waals surface area contributed by atoms with Gasteiger partial charge in [-0.15, -0.1) is 0 Å². The number of rotatable bonds is 8. The van der Waals surface area contributed by atoms with Crippen LogP contribution in [-0.2, 0) is 4.79 Å². The molecule has 2 aromatic heterocycles. The first-order valence-electron chi connectivity index (χ1n) is 10.9. The van der Waals surface area contributed by atoms with Gasteiger partial charge in [-0.1, -0.05) is 30.7 Å². The van der Waals surface area contributed by atoms with Gasteiger partial charge in [-0.3, -0.25) is 9.89 Å². The standard InChI is InChI=1S/C22H27BrClN7O/c1-2-25-10-7-17(32)28-19(14-3-5-16(24)6-4-14)15-8-11-31(12-9-15)22-18-20(23)29-30-21(18)26-13-27-22/h3-6,13,15,19,25H,2,7-12H2,1H3,(H,28,32)(H,26,27,29,30). The van der Waals surface area contributed by atoms with Crippen molar-refractivity contribution in [3.63, 3.8) is 0 Å². The number of carbonyl (C=O) groups is 1. The molecule has 3 N–H and O–H groups in total. The van der Waals surface area contributed by atoms with Gasteiger partial charge in [0.1, 0.15) is 16.7 Å². The first kappa shape index (κ1) is 22.9. The van der Waals surface area contributed by atoms with Gasteiger partial charge < -0.3 is 15.5 Å². The topological polar surface area (TPSA) is 98.8 Å². The summed E-state index contributed by atoms with van der Waals surface area (Å²) < 4.78 is 0.789. The van der Waals surface area contributed by atoms with Crippen molar-refractivity contribution in [2.75, 3.05) is 31.1 Å². The van der Waals surface area contributed by atoms with E-state index in [9.17, 15) is 4.79 Å². The predicted molar refractivity (Wildman–Crippen MR) is 130 cm³/mol. The average molecular weight is 521 g/mol. The molecule has 10 heteroatoms. The van der Waals surface area contributed by atoms with E-state index in [1.165, 1.54) is 0 Å². The number of amides is 1. The minimum atomic E-state index is -0.0466. The fraction of sp³-hybridized carbons (Fsp3) is 0.455. The van der Waals surface area contributed by atoms with E-state index in [1.807, 2.05) is 31.2 Å². The zero-order valence-corrected chi connectivity index (χ0v) is 20.3. The van der Waals surface area contributed by atoms with Gasteiger partial charge in [0.15, 0.2) is 5.65 Å². The zero-order valence-electron chi connectivity index (χ0n) is 17.9. The van der Waals surface area contributed by atoms with Crippen LogP contribution < -0.4 is 15.5 Å². The lowest BCUT2D eigenvalue weighted by Crippen LogP contribution is -2.41. The Morgan fingerprint density at radius 2 is 2.03 bits per heavy atom. The number of carbonyl (C=O) groups excluding carboxylic acids is 1. The van der Waals surface area contributed by atoms with E-state index in [0.717, 1.165) is 53.8 Å². The molecule has 1 fully saturated rings. The summed E-state index contributed by atoms with van der Waals surface area (Å²) >= 11 is 9.63. The van der Waals surface area contributed by atoms with Crippen LogP contribution in [-0.4, -0.2) is 52.3 Å². The van der Waals surface area contributed by atoms with Crippen molar-refractivity contribution in [1.82, 2.24) is 30.8 Å². The van der Waals surface area contributed by atoms with Crippen LogP contribution in [0.5, 0.6) is 0 Å². The van der Waals surface area contributed by atoms with Gasteiger partial charge >= 0.3 is 0 Å². The minimum absolute atomic E-state index is 0.0466. The summed E-state index contributed by atoms with van der Waals surface area (Å²) in [6, 6.07) is 7.76. The third kappa shape index (κ3) is 5.22. The molecule has 0 spiro atoms. The van der Waals surface area contributed by atoms with Gasteiger partial charge in [-0.2, -0.15) is 5.10 Å². The molecule has 170 valence electrons. The van der Waals surface area contributed by atoms with Crippen molar-refractivity contribution < 1.29 is 4.79 Å². The Bertz CT molecular complexity index is 1050. The molecule has 1 aliphatic heterocycles. The highest BCUT2D eigenvalue weighted by Gasteiger charge is 2.30. The number of benzene rings is 1. The lowest BCUT2D eigenvalue weighted by molar-refractivity contribution is -0.122. The van der Waals surface area contributed by atoms with Crippen LogP contribution in [0.2, 0.25) is 5.02 Å². The number of hydrogen-bond donors (Lipinski definition) is 3. The molecule has 1 aromatic carbocycles. The van der Waals surface area contributed by atoms with Gasteiger partial charge in [0.2, 0.25) is 5.91 Å². The third-order valence-electron chi connectivity index (χ3n) is 5.92. The van der Waals surface area contributed by atoms with Crippen molar-refractivity contribution >= 4 is 50.3 Å². The fourth-order valence-corrected chi connectivity index (χ4v) is 4.83. The largest absolute Gasteiger partial charge is 0.356 e. The lowest BCUT2D eigenvalue weighted by atomic mass is 9.85. The molecule has 0 bridgehead atoms. The molecule has 0 saturated carbocycles. The van der Waals surface area contributed by atoms with Crippen LogP contribution in [0.4, 0.5) is 5.82 Å². The van der Waals surface area contributed by atoms with E-state index < -0.39 is 0 Å². The highest BCUT2D eigenvalue weighted by atomic mass is 79.9. The van der Waals surface area contributed by atoms with Gasteiger partial charge in [-0.25, -0.2) is 9.97 Å². The maximum Gasteiger partial charge on any atom is 0.221 e. The van der Waals surface area contributed by atoms with Crippen molar-refractivity contribution in [1.29, 1.82) is 0 Å². The predicted octanol–water partition coefficient (Wildman–Crippen LogP) is 3.84. The smallest absolute Gasteiger partial charge is 0.221 e. The molecule has 8 nitrogen and oxygen atoms in total. The highest BCUT2D eigenvalue weighted by Crippen LogP contribution is 2.35. The number of hydrogen-bond acceptors (Lipinski definition) is 6. The van der Waals surface area contributed by atoms with Crippen LogP contribution in [0.1, 0.15) is 37.8 Å². The molecule has 0 aliphatic carbocycles. The third-order valence-corrected chi connectivity index (χ3v) is 6.75. The lowest BCUT2D eigenvalue weighted by Gasteiger charge is -2.37. The number of H-pyrrole nitrogens is 1. The van der Waals surface area contributed by atoms with E-state index in [1.54, 1.807) is 6.33 Å². The molecule has 1 atom stereocenters. The first-order valence-corrected chi connectivity index (χ1v) is 12.1. The SMILES string of the molecule is CCNCCC(=O)NC(c1ccc(Cl)cc1)C1CCN(c2ncnc3n[nH]c(Br)c23)CC1. The normalized spacial score (nSPS) is 15.8. The molecular weight excluding hydrogens is 494 g/mol. The zero-order chi connectivity index (χ0) is 22.5. The highest BCUT2D eigenvalue weighted by molar-refractivity contribution is 9.10. The summed E-state index contributed by atoms with van der Waals surface area (Å²) in [5.74, 6) is 1.26. The fourth-order valence-electron chi connectivity index (χ4n) is 4.26. The van der Waals surface area contributed by atoms with Gasteiger partial charge in [-0.05, 0) is 58.9 Å².